The molecule has 3 N–H and O–H groups in total. The van der Waals surface area contributed by atoms with E-state index in [1.807, 2.05) is 20.9 Å². The molecule has 0 aromatic carbocycles. The van der Waals surface area contributed by atoms with Crippen LogP contribution in [0.25, 0.3) is 0 Å². The minimum absolute atomic E-state index is 0.0913. The number of aryl methyl sites for hydroxylation is 1. The lowest BCUT2D eigenvalue weighted by Crippen LogP contribution is -2.38. The highest BCUT2D eigenvalue weighted by molar-refractivity contribution is 5.90. The van der Waals surface area contributed by atoms with Gasteiger partial charge in [-0.2, -0.15) is 0 Å². The smallest absolute Gasteiger partial charge is 0.291 e. The van der Waals surface area contributed by atoms with E-state index in [-0.39, 0.29) is 11.9 Å². The van der Waals surface area contributed by atoms with Gasteiger partial charge in [-0.3, -0.25) is 4.79 Å². The SMILES string of the molecule is Cc1nc(C(=O)N(C)CC2CCNCC2)nc(N2CC[C@@H](N)C2)c1C. The number of amides is 1. The molecule has 0 bridgehead atoms. The molecule has 0 aliphatic carbocycles. The maximum Gasteiger partial charge on any atom is 0.291 e. The Hall–Kier alpha value is -1.73. The summed E-state index contributed by atoms with van der Waals surface area (Å²) in [6.45, 7) is 8.47. The molecule has 7 heteroatoms. The fraction of sp³-hybridized carbons (Fsp3) is 0.722. The molecule has 0 saturated carbocycles. The zero-order valence-corrected chi connectivity index (χ0v) is 15.6. The van der Waals surface area contributed by atoms with Crippen LogP contribution in [-0.2, 0) is 0 Å². The summed E-state index contributed by atoms with van der Waals surface area (Å²) < 4.78 is 0. The molecule has 0 unspecified atom stereocenters. The lowest BCUT2D eigenvalue weighted by molar-refractivity contribution is 0.0750. The van der Waals surface area contributed by atoms with Crippen LogP contribution in [-0.4, -0.2) is 66.6 Å². The molecule has 2 fully saturated rings. The Labute approximate surface area is 150 Å². The zero-order valence-electron chi connectivity index (χ0n) is 15.6. The van der Waals surface area contributed by atoms with Gasteiger partial charge >= 0.3 is 0 Å². The van der Waals surface area contributed by atoms with Gasteiger partial charge in [0.2, 0.25) is 5.82 Å². The van der Waals surface area contributed by atoms with E-state index in [2.05, 4.69) is 20.2 Å². The van der Waals surface area contributed by atoms with Crippen LogP contribution in [0.1, 0.15) is 41.1 Å². The van der Waals surface area contributed by atoms with Gasteiger partial charge in [0, 0.05) is 44.0 Å². The van der Waals surface area contributed by atoms with E-state index >= 15 is 0 Å². The number of carbonyl (C=O) groups excluding carboxylic acids is 1. The first-order valence-corrected chi connectivity index (χ1v) is 9.27. The molecular weight excluding hydrogens is 316 g/mol. The van der Waals surface area contributed by atoms with Gasteiger partial charge in [-0.15, -0.1) is 0 Å². The summed E-state index contributed by atoms with van der Waals surface area (Å²) >= 11 is 0. The van der Waals surface area contributed by atoms with Crippen molar-refractivity contribution in [3.63, 3.8) is 0 Å². The molecule has 0 radical (unpaired) electrons. The first kappa shape index (κ1) is 18.1. The topological polar surface area (TPSA) is 87.4 Å². The van der Waals surface area contributed by atoms with Gasteiger partial charge < -0.3 is 20.9 Å². The van der Waals surface area contributed by atoms with Crippen molar-refractivity contribution in [2.45, 2.75) is 39.2 Å². The molecule has 1 aromatic heterocycles. The summed E-state index contributed by atoms with van der Waals surface area (Å²) in [6, 6.07) is 0.177. The standard InChI is InChI=1S/C18H30N6O/c1-12-13(2)21-16(22-17(12)24-9-6-15(19)11-24)18(25)23(3)10-14-4-7-20-8-5-14/h14-15,20H,4-11,19H2,1-3H3/t15-/m1/s1. The lowest BCUT2D eigenvalue weighted by atomic mass is 9.98. The number of nitrogens with one attached hydrogen (secondary N) is 1. The molecule has 2 aliphatic heterocycles. The van der Waals surface area contributed by atoms with Crippen LogP contribution >= 0.6 is 0 Å². The molecule has 2 aliphatic rings. The van der Waals surface area contributed by atoms with Crippen LogP contribution in [0.3, 0.4) is 0 Å². The Kier molecular flexibility index (Phi) is 5.54. The summed E-state index contributed by atoms with van der Waals surface area (Å²) in [4.78, 5) is 25.9. The van der Waals surface area contributed by atoms with Crippen LogP contribution < -0.4 is 16.0 Å². The second-order valence-corrected chi connectivity index (χ2v) is 7.46. The highest BCUT2D eigenvalue weighted by Crippen LogP contribution is 2.24. The summed E-state index contributed by atoms with van der Waals surface area (Å²) in [5, 5.41) is 3.36. The van der Waals surface area contributed by atoms with E-state index in [1.165, 1.54) is 0 Å². The second kappa shape index (κ2) is 7.66. The molecular formula is C18H30N6O. The van der Waals surface area contributed by atoms with Crippen LogP contribution in [0, 0.1) is 19.8 Å². The molecule has 138 valence electrons. The van der Waals surface area contributed by atoms with E-state index in [0.717, 1.165) is 69.1 Å². The predicted octanol–water partition coefficient (Wildman–Crippen LogP) is 0.702. The van der Waals surface area contributed by atoms with Crippen LogP contribution in [0.4, 0.5) is 5.82 Å². The number of hydrogen-bond donors (Lipinski definition) is 2. The fourth-order valence-electron chi connectivity index (χ4n) is 3.70. The monoisotopic (exact) mass is 346 g/mol. The lowest BCUT2D eigenvalue weighted by Gasteiger charge is -2.27. The van der Waals surface area contributed by atoms with Gasteiger partial charge in [-0.25, -0.2) is 9.97 Å². The predicted molar refractivity (Wildman–Crippen MR) is 98.9 cm³/mol. The summed E-state index contributed by atoms with van der Waals surface area (Å²) in [6.07, 6.45) is 3.19. The van der Waals surface area contributed by atoms with Gasteiger partial charge in [0.15, 0.2) is 0 Å². The average Bonchev–Trinajstić information content (AvgIpc) is 3.03. The Morgan fingerprint density at radius 2 is 2.00 bits per heavy atom. The van der Waals surface area contributed by atoms with Crippen molar-refractivity contribution in [2.24, 2.45) is 11.7 Å². The third kappa shape index (κ3) is 4.10. The minimum Gasteiger partial charge on any atom is -0.355 e. The summed E-state index contributed by atoms with van der Waals surface area (Å²) in [5.41, 5.74) is 7.93. The van der Waals surface area contributed by atoms with Crippen LogP contribution in [0.2, 0.25) is 0 Å². The first-order chi connectivity index (χ1) is 12.0. The van der Waals surface area contributed by atoms with Crippen molar-refractivity contribution in [2.75, 3.05) is 44.7 Å². The van der Waals surface area contributed by atoms with Crippen LogP contribution in [0.15, 0.2) is 0 Å². The zero-order chi connectivity index (χ0) is 18.0. The first-order valence-electron chi connectivity index (χ1n) is 9.27. The Morgan fingerprint density at radius 3 is 2.64 bits per heavy atom. The quantitative estimate of drug-likeness (QED) is 0.835. The number of nitrogens with two attached hydrogens (primary N) is 1. The second-order valence-electron chi connectivity index (χ2n) is 7.46. The number of anilines is 1. The van der Waals surface area contributed by atoms with Crippen molar-refractivity contribution < 1.29 is 4.79 Å². The third-order valence-electron chi connectivity index (χ3n) is 5.42. The van der Waals surface area contributed by atoms with Crippen LogP contribution in [0.5, 0.6) is 0 Å². The van der Waals surface area contributed by atoms with Gasteiger partial charge in [-0.1, -0.05) is 0 Å². The molecule has 7 nitrogen and oxygen atoms in total. The number of rotatable bonds is 4. The fourth-order valence-corrected chi connectivity index (χ4v) is 3.70. The molecule has 3 heterocycles. The number of piperidine rings is 1. The molecule has 1 atom stereocenters. The van der Waals surface area contributed by atoms with Gasteiger partial charge in [0.05, 0.1) is 0 Å². The van der Waals surface area contributed by atoms with Crippen molar-refractivity contribution in [1.82, 2.24) is 20.2 Å². The molecule has 25 heavy (non-hydrogen) atoms. The van der Waals surface area contributed by atoms with Crippen molar-refractivity contribution in [3.8, 4) is 0 Å². The average molecular weight is 346 g/mol. The van der Waals surface area contributed by atoms with Gasteiger partial charge in [0.25, 0.3) is 5.91 Å². The molecule has 0 spiro atoms. The van der Waals surface area contributed by atoms with Gasteiger partial charge in [-0.05, 0) is 52.1 Å². The number of hydrogen-bond acceptors (Lipinski definition) is 6. The molecule has 1 aromatic rings. The number of carbonyl (C=O) groups is 1. The minimum atomic E-state index is -0.0913. The van der Waals surface area contributed by atoms with E-state index in [1.54, 1.807) is 4.90 Å². The van der Waals surface area contributed by atoms with E-state index in [4.69, 9.17) is 5.73 Å². The van der Waals surface area contributed by atoms with Crippen molar-refractivity contribution >= 4 is 11.7 Å². The van der Waals surface area contributed by atoms with Crippen molar-refractivity contribution in [1.29, 1.82) is 0 Å². The van der Waals surface area contributed by atoms with E-state index in [9.17, 15) is 4.79 Å². The van der Waals surface area contributed by atoms with E-state index in [0.29, 0.717) is 11.7 Å². The maximum atomic E-state index is 12.9. The number of nitrogens with zero attached hydrogens (tertiary/aromatic N) is 4. The molecule has 3 rings (SSSR count). The van der Waals surface area contributed by atoms with Gasteiger partial charge in [0.1, 0.15) is 5.82 Å². The molecule has 2 saturated heterocycles. The third-order valence-corrected chi connectivity index (χ3v) is 5.42. The Morgan fingerprint density at radius 1 is 1.28 bits per heavy atom. The summed E-state index contributed by atoms with van der Waals surface area (Å²) in [7, 11) is 1.86. The summed E-state index contributed by atoms with van der Waals surface area (Å²) in [5.74, 6) is 1.62. The largest absolute Gasteiger partial charge is 0.355 e. The highest BCUT2D eigenvalue weighted by atomic mass is 16.2. The maximum absolute atomic E-state index is 12.9. The molecule has 1 amide bonds. The highest BCUT2D eigenvalue weighted by Gasteiger charge is 2.26. The van der Waals surface area contributed by atoms with E-state index < -0.39 is 0 Å². The Balaban J connectivity index is 1.76. The number of aromatic nitrogens is 2. The Bertz CT molecular complexity index is 628. The normalized spacial score (nSPS) is 21.6. The van der Waals surface area contributed by atoms with Crippen molar-refractivity contribution in [3.05, 3.63) is 17.1 Å².